The van der Waals surface area contributed by atoms with Crippen LogP contribution in [0.4, 0.5) is 8.78 Å². The third-order valence-corrected chi connectivity index (χ3v) is 4.43. The van der Waals surface area contributed by atoms with E-state index in [1.165, 1.54) is 6.07 Å². The van der Waals surface area contributed by atoms with Crippen LogP contribution in [-0.2, 0) is 0 Å². The van der Waals surface area contributed by atoms with Gasteiger partial charge in [-0.15, -0.1) is 0 Å². The molecule has 132 valence electrons. The van der Waals surface area contributed by atoms with E-state index in [4.69, 9.17) is 0 Å². The largest absolute Gasteiger partial charge is 0.387 e. The molecule has 6 heteroatoms. The molecule has 1 heterocycles. The number of aliphatic hydroxyl groups is 1. The van der Waals surface area contributed by atoms with E-state index in [0.717, 1.165) is 12.1 Å². The van der Waals surface area contributed by atoms with E-state index in [9.17, 15) is 18.7 Å². The Morgan fingerprint density at radius 3 is 2.36 bits per heavy atom. The maximum absolute atomic E-state index is 13.7. The Balaban J connectivity index is 1.55. The van der Waals surface area contributed by atoms with Crippen molar-refractivity contribution in [1.29, 1.82) is 0 Å². The van der Waals surface area contributed by atoms with E-state index in [1.807, 2.05) is 23.1 Å². The van der Waals surface area contributed by atoms with Crippen molar-refractivity contribution in [2.45, 2.75) is 6.10 Å². The number of aliphatic hydroxyl groups excluding tert-OH is 1. The lowest BCUT2D eigenvalue weighted by Crippen LogP contribution is -2.49. The summed E-state index contributed by atoms with van der Waals surface area (Å²) in [5.74, 6) is -1.42. The first-order chi connectivity index (χ1) is 12.0. The molecule has 1 aliphatic heterocycles. The Hall–Kier alpha value is -2.31. The van der Waals surface area contributed by atoms with Crippen molar-refractivity contribution in [1.82, 2.24) is 9.80 Å². The van der Waals surface area contributed by atoms with Crippen LogP contribution in [0, 0.1) is 11.6 Å². The predicted octanol–water partition coefficient (Wildman–Crippen LogP) is 2.46. The molecular formula is C19H20F2N2O2. The number of nitrogens with zero attached hydrogens (tertiary/aromatic N) is 2. The number of halogens is 2. The first-order valence-electron chi connectivity index (χ1n) is 8.24. The van der Waals surface area contributed by atoms with Gasteiger partial charge in [0.1, 0.15) is 11.6 Å². The Labute approximate surface area is 145 Å². The molecule has 2 aromatic rings. The summed E-state index contributed by atoms with van der Waals surface area (Å²) in [5.41, 5.74) is 0.744. The van der Waals surface area contributed by atoms with Crippen LogP contribution in [0.25, 0.3) is 0 Å². The van der Waals surface area contributed by atoms with Crippen molar-refractivity contribution in [2.75, 3.05) is 32.7 Å². The summed E-state index contributed by atoms with van der Waals surface area (Å²) in [6, 6.07) is 12.3. The van der Waals surface area contributed by atoms with Crippen molar-refractivity contribution < 1.29 is 18.7 Å². The molecule has 0 spiro atoms. The number of carbonyl (C=O) groups is 1. The average Bonchev–Trinajstić information content (AvgIpc) is 2.62. The molecule has 4 nitrogen and oxygen atoms in total. The van der Waals surface area contributed by atoms with Crippen molar-refractivity contribution in [3.8, 4) is 0 Å². The molecule has 2 aromatic carbocycles. The maximum Gasteiger partial charge on any atom is 0.253 e. The van der Waals surface area contributed by atoms with Gasteiger partial charge in [0.05, 0.1) is 6.10 Å². The minimum Gasteiger partial charge on any atom is -0.387 e. The lowest BCUT2D eigenvalue weighted by molar-refractivity contribution is 0.0522. The van der Waals surface area contributed by atoms with E-state index in [1.54, 1.807) is 17.0 Å². The molecule has 0 aliphatic carbocycles. The highest BCUT2D eigenvalue weighted by atomic mass is 19.1. The van der Waals surface area contributed by atoms with Gasteiger partial charge in [-0.05, 0) is 18.2 Å². The SMILES string of the molecule is O=C(c1ccccc1)N1CCN(CC(O)c2ccc(F)cc2F)CC1. The van der Waals surface area contributed by atoms with Crippen LogP contribution in [0.5, 0.6) is 0 Å². The number of hydrogen-bond donors (Lipinski definition) is 1. The smallest absolute Gasteiger partial charge is 0.253 e. The number of piperazine rings is 1. The van der Waals surface area contributed by atoms with Gasteiger partial charge < -0.3 is 10.0 Å². The average molecular weight is 346 g/mol. The van der Waals surface area contributed by atoms with Crippen LogP contribution in [0.2, 0.25) is 0 Å². The number of rotatable bonds is 4. The molecule has 1 fully saturated rings. The van der Waals surface area contributed by atoms with E-state index in [2.05, 4.69) is 0 Å². The molecule has 1 amide bonds. The third kappa shape index (κ3) is 4.21. The highest BCUT2D eigenvalue weighted by molar-refractivity contribution is 5.94. The van der Waals surface area contributed by atoms with Crippen LogP contribution in [0.3, 0.4) is 0 Å². The molecule has 1 saturated heterocycles. The molecule has 1 N–H and O–H groups in total. The van der Waals surface area contributed by atoms with Crippen LogP contribution in [-0.4, -0.2) is 53.5 Å². The lowest BCUT2D eigenvalue weighted by atomic mass is 10.1. The highest BCUT2D eigenvalue weighted by Gasteiger charge is 2.24. The summed E-state index contributed by atoms with van der Waals surface area (Å²) in [4.78, 5) is 16.1. The summed E-state index contributed by atoms with van der Waals surface area (Å²) in [7, 11) is 0. The summed E-state index contributed by atoms with van der Waals surface area (Å²) >= 11 is 0. The molecule has 0 radical (unpaired) electrons. The van der Waals surface area contributed by atoms with Crippen LogP contribution >= 0.6 is 0 Å². The second-order valence-electron chi connectivity index (χ2n) is 6.14. The van der Waals surface area contributed by atoms with Crippen LogP contribution in [0.15, 0.2) is 48.5 Å². The zero-order chi connectivity index (χ0) is 17.8. The van der Waals surface area contributed by atoms with E-state index < -0.39 is 17.7 Å². The second-order valence-corrected chi connectivity index (χ2v) is 6.14. The molecule has 1 atom stereocenters. The zero-order valence-corrected chi connectivity index (χ0v) is 13.7. The van der Waals surface area contributed by atoms with E-state index in [-0.39, 0.29) is 18.0 Å². The number of β-amino-alcohol motifs (C(OH)–C–C–N with tert-alkyl or cyclic N) is 1. The van der Waals surface area contributed by atoms with Gasteiger partial charge in [-0.3, -0.25) is 9.69 Å². The van der Waals surface area contributed by atoms with E-state index >= 15 is 0 Å². The highest BCUT2D eigenvalue weighted by Crippen LogP contribution is 2.20. The summed E-state index contributed by atoms with van der Waals surface area (Å²) < 4.78 is 26.7. The Morgan fingerprint density at radius 1 is 1.04 bits per heavy atom. The quantitative estimate of drug-likeness (QED) is 0.925. The topological polar surface area (TPSA) is 43.8 Å². The van der Waals surface area contributed by atoms with Crippen LogP contribution < -0.4 is 0 Å². The second kappa shape index (κ2) is 7.72. The van der Waals surface area contributed by atoms with Gasteiger partial charge in [0.25, 0.3) is 5.91 Å². The number of benzene rings is 2. The standard InChI is InChI=1S/C19H20F2N2O2/c20-15-6-7-16(17(21)12-15)18(24)13-22-8-10-23(11-9-22)19(25)14-4-2-1-3-5-14/h1-7,12,18,24H,8-11,13H2. The summed E-state index contributed by atoms with van der Waals surface area (Å²) in [6.45, 7) is 2.53. The number of hydrogen-bond acceptors (Lipinski definition) is 3. The normalized spacial score (nSPS) is 16.7. The van der Waals surface area contributed by atoms with Gasteiger partial charge in [0.2, 0.25) is 0 Å². The zero-order valence-electron chi connectivity index (χ0n) is 13.7. The molecular weight excluding hydrogens is 326 g/mol. The fourth-order valence-corrected chi connectivity index (χ4v) is 3.01. The molecule has 0 saturated carbocycles. The molecule has 3 rings (SSSR count). The first kappa shape index (κ1) is 17.5. The Kier molecular flexibility index (Phi) is 5.40. The molecule has 1 unspecified atom stereocenters. The van der Waals surface area contributed by atoms with Gasteiger partial charge >= 0.3 is 0 Å². The number of amides is 1. The lowest BCUT2D eigenvalue weighted by Gasteiger charge is -2.35. The van der Waals surface area contributed by atoms with Gasteiger partial charge in [-0.1, -0.05) is 24.3 Å². The van der Waals surface area contributed by atoms with Gasteiger partial charge in [0, 0.05) is 49.9 Å². The first-order valence-corrected chi connectivity index (χ1v) is 8.24. The van der Waals surface area contributed by atoms with Crippen LogP contribution in [0.1, 0.15) is 22.0 Å². The van der Waals surface area contributed by atoms with E-state index in [0.29, 0.717) is 31.7 Å². The Morgan fingerprint density at radius 2 is 1.72 bits per heavy atom. The van der Waals surface area contributed by atoms with Crippen molar-refractivity contribution in [3.05, 3.63) is 71.3 Å². The van der Waals surface area contributed by atoms with Crippen molar-refractivity contribution in [2.24, 2.45) is 0 Å². The van der Waals surface area contributed by atoms with Gasteiger partial charge in [0.15, 0.2) is 0 Å². The molecule has 0 bridgehead atoms. The minimum absolute atomic E-state index is 0.00891. The molecule has 1 aliphatic rings. The molecule has 25 heavy (non-hydrogen) atoms. The minimum atomic E-state index is -1.03. The summed E-state index contributed by atoms with van der Waals surface area (Å²) in [6.07, 6.45) is -1.03. The fraction of sp³-hybridized carbons (Fsp3) is 0.316. The molecule has 0 aromatic heterocycles. The van der Waals surface area contributed by atoms with Gasteiger partial charge in [-0.2, -0.15) is 0 Å². The summed E-state index contributed by atoms with van der Waals surface area (Å²) in [5, 5.41) is 10.2. The third-order valence-electron chi connectivity index (χ3n) is 4.43. The van der Waals surface area contributed by atoms with Crippen molar-refractivity contribution >= 4 is 5.91 Å². The Bertz CT molecular complexity index is 731. The monoisotopic (exact) mass is 346 g/mol. The fourth-order valence-electron chi connectivity index (χ4n) is 3.01. The van der Waals surface area contributed by atoms with Crippen molar-refractivity contribution in [3.63, 3.8) is 0 Å². The van der Waals surface area contributed by atoms with Gasteiger partial charge in [-0.25, -0.2) is 8.78 Å². The maximum atomic E-state index is 13.7. The number of carbonyl (C=O) groups excluding carboxylic acids is 1. The predicted molar refractivity (Wildman–Crippen MR) is 90.1 cm³/mol.